The number of nitrogens with one attached hydrogen (secondary N) is 1. The van der Waals surface area contributed by atoms with Crippen molar-refractivity contribution in [2.75, 3.05) is 13.7 Å². The van der Waals surface area contributed by atoms with E-state index in [1.807, 2.05) is 25.1 Å². The third-order valence-electron chi connectivity index (χ3n) is 4.13. The van der Waals surface area contributed by atoms with Gasteiger partial charge in [0, 0.05) is 18.3 Å². The second-order valence-electron chi connectivity index (χ2n) is 6.09. The Morgan fingerprint density at radius 1 is 1.30 bits per heavy atom. The van der Waals surface area contributed by atoms with Gasteiger partial charge in [0.25, 0.3) is 5.91 Å². The summed E-state index contributed by atoms with van der Waals surface area (Å²) < 4.78 is 23.8. The monoisotopic (exact) mass is 369 g/mol. The van der Waals surface area contributed by atoms with E-state index in [4.69, 9.17) is 9.15 Å². The average molecular weight is 369 g/mol. The number of carbonyl (C=O) groups excluding carboxylic acids is 1. The number of amides is 1. The van der Waals surface area contributed by atoms with Crippen molar-refractivity contribution in [2.24, 2.45) is 0 Å². The van der Waals surface area contributed by atoms with E-state index in [0.717, 1.165) is 28.6 Å². The Morgan fingerprint density at radius 2 is 2.15 bits per heavy atom. The SMILES string of the molecule is COc1ccc(-c2ocnc2C(=O)NCCCc2cncc(F)c2)cc1C. The van der Waals surface area contributed by atoms with Gasteiger partial charge in [-0.2, -0.15) is 0 Å². The van der Waals surface area contributed by atoms with Crippen molar-refractivity contribution < 1.29 is 18.3 Å². The standard InChI is InChI=1S/C20H20FN3O3/c1-13-8-15(5-6-17(13)26-2)19-18(24-12-27-19)20(25)23-7-3-4-14-9-16(21)11-22-10-14/h5-6,8-12H,3-4,7H2,1-2H3,(H,23,25). The molecule has 0 saturated heterocycles. The van der Waals surface area contributed by atoms with Gasteiger partial charge in [0.05, 0.1) is 13.3 Å². The molecule has 7 heteroatoms. The Labute approximate surface area is 156 Å². The summed E-state index contributed by atoms with van der Waals surface area (Å²) in [5, 5.41) is 2.82. The smallest absolute Gasteiger partial charge is 0.273 e. The number of halogens is 1. The number of aryl methyl sites for hydroxylation is 2. The predicted molar refractivity (Wildman–Crippen MR) is 98.1 cm³/mol. The maximum absolute atomic E-state index is 13.1. The highest BCUT2D eigenvalue weighted by molar-refractivity contribution is 5.97. The molecule has 1 aromatic carbocycles. The lowest BCUT2D eigenvalue weighted by Gasteiger charge is -2.07. The molecule has 1 N–H and O–H groups in total. The van der Waals surface area contributed by atoms with Crippen LogP contribution in [0, 0.1) is 12.7 Å². The van der Waals surface area contributed by atoms with Crippen LogP contribution in [0.2, 0.25) is 0 Å². The third-order valence-corrected chi connectivity index (χ3v) is 4.13. The molecular formula is C20H20FN3O3. The number of benzene rings is 1. The van der Waals surface area contributed by atoms with Crippen molar-refractivity contribution in [1.29, 1.82) is 0 Å². The van der Waals surface area contributed by atoms with Crippen LogP contribution in [-0.4, -0.2) is 29.5 Å². The minimum absolute atomic E-state index is 0.229. The Balaban J connectivity index is 1.61. The number of rotatable bonds is 7. The minimum atomic E-state index is -0.362. The fraction of sp³-hybridized carbons (Fsp3) is 0.250. The summed E-state index contributed by atoms with van der Waals surface area (Å²) in [5.74, 6) is 0.492. The Bertz CT molecular complexity index is 940. The normalized spacial score (nSPS) is 10.6. The highest BCUT2D eigenvalue weighted by Crippen LogP contribution is 2.28. The lowest BCUT2D eigenvalue weighted by Crippen LogP contribution is -2.25. The van der Waals surface area contributed by atoms with E-state index in [2.05, 4.69) is 15.3 Å². The quantitative estimate of drug-likeness (QED) is 0.645. The van der Waals surface area contributed by atoms with Crippen LogP contribution in [0.1, 0.15) is 28.0 Å². The molecule has 2 heterocycles. The van der Waals surface area contributed by atoms with Crippen molar-refractivity contribution in [3.05, 3.63) is 65.7 Å². The molecule has 0 atom stereocenters. The molecule has 0 radical (unpaired) electrons. The molecule has 3 aromatic rings. The molecule has 2 aromatic heterocycles. The maximum Gasteiger partial charge on any atom is 0.273 e. The summed E-state index contributed by atoms with van der Waals surface area (Å²) >= 11 is 0. The summed E-state index contributed by atoms with van der Waals surface area (Å²) in [5.41, 5.74) is 2.70. The first-order valence-electron chi connectivity index (χ1n) is 8.54. The van der Waals surface area contributed by atoms with E-state index in [-0.39, 0.29) is 17.4 Å². The Kier molecular flexibility index (Phi) is 5.80. The van der Waals surface area contributed by atoms with Crippen LogP contribution in [0.15, 0.2) is 47.5 Å². The van der Waals surface area contributed by atoms with E-state index < -0.39 is 0 Å². The van der Waals surface area contributed by atoms with Gasteiger partial charge in [-0.25, -0.2) is 9.37 Å². The zero-order valence-corrected chi connectivity index (χ0v) is 15.2. The molecule has 0 aliphatic heterocycles. The second kappa shape index (κ2) is 8.44. The molecule has 0 saturated carbocycles. The zero-order chi connectivity index (χ0) is 19.2. The molecule has 0 unspecified atom stereocenters. The van der Waals surface area contributed by atoms with Gasteiger partial charge in [0.15, 0.2) is 17.8 Å². The van der Waals surface area contributed by atoms with Gasteiger partial charge in [-0.3, -0.25) is 9.78 Å². The molecule has 0 spiro atoms. The zero-order valence-electron chi connectivity index (χ0n) is 15.2. The Morgan fingerprint density at radius 3 is 2.89 bits per heavy atom. The second-order valence-corrected chi connectivity index (χ2v) is 6.09. The first-order chi connectivity index (χ1) is 13.1. The number of hydrogen-bond acceptors (Lipinski definition) is 5. The number of ether oxygens (including phenoxy) is 1. The minimum Gasteiger partial charge on any atom is -0.496 e. The van der Waals surface area contributed by atoms with Gasteiger partial charge in [-0.15, -0.1) is 0 Å². The molecule has 27 heavy (non-hydrogen) atoms. The van der Waals surface area contributed by atoms with Crippen LogP contribution in [0.3, 0.4) is 0 Å². The number of aromatic nitrogens is 2. The molecule has 6 nitrogen and oxygen atoms in total. The molecule has 3 rings (SSSR count). The van der Waals surface area contributed by atoms with Crippen molar-refractivity contribution >= 4 is 5.91 Å². The summed E-state index contributed by atoms with van der Waals surface area (Å²) in [6.07, 6.45) is 5.31. The highest BCUT2D eigenvalue weighted by Gasteiger charge is 2.18. The Hall–Kier alpha value is -3.22. The number of carbonyl (C=O) groups is 1. The van der Waals surface area contributed by atoms with Crippen LogP contribution in [-0.2, 0) is 6.42 Å². The number of methoxy groups -OCH3 is 1. The van der Waals surface area contributed by atoms with Crippen LogP contribution in [0.25, 0.3) is 11.3 Å². The topological polar surface area (TPSA) is 77.2 Å². The average Bonchev–Trinajstić information content (AvgIpc) is 3.15. The fourth-order valence-corrected chi connectivity index (χ4v) is 2.80. The number of nitrogens with zero attached hydrogens (tertiary/aromatic N) is 2. The van der Waals surface area contributed by atoms with Crippen molar-refractivity contribution in [3.63, 3.8) is 0 Å². The van der Waals surface area contributed by atoms with Crippen molar-refractivity contribution in [1.82, 2.24) is 15.3 Å². The molecular weight excluding hydrogens is 349 g/mol. The molecule has 140 valence electrons. The van der Waals surface area contributed by atoms with Gasteiger partial charge >= 0.3 is 0 Å². The van der Waals surface area contributed by atoms with Crippen molar-refractivity contribution in [2.45, 2.75) is 19.8 Å². The van der Waals surface area contributed by atoms with Gasteiger partial charge < -0.3 is 14.5 Å². The van der Waals surface area contributed by atoms with Crippen LogP contribution in [0.4, 0.5) is 4.39 Å². The molecule has 0 aliphatic rings. The predicted octanol–water partition coefficient (Wildman–Crippen LogP) is 3.56. The van der Waals surface area contributed by atoms with Gasteiger partial charge in [-0.05, 0) is 55.2 Å². The summed E-state index contributed by atoms with van der Waals surface area (Å²) in [6.45, 7) is 2.35. The van der Waals surface area contributed by atoms with Gasteiger partial charge in [-0.1, -0.05) is 0 Å². The molecule has 0 bridgehead atoms. The van der Waals surface area contributed by atoms with E-state index in [1.54, 1.807) is 13.3 Å². The molecule has 1 amide bonds. The van der Waals surface area contributed by atoms with E-state index in [1.165, 1.54) is 12.5 Å². The molecule has 0 aliphatic carbocycles. The van der Waals surface area contributed by atoms with Crippen molar-refractivity contribution in [3.8, 4) is 17.1 Å². The lowest BCUT2D eigenvalue weighted by atomic mass is 10.1. The summed E-state index contributed by atoms with van der Waals surface area (Å²) in [6, 6.07) is 6.96. The van der Waals surface area contributed by atoms with Crippen LogP contribution in [0.5, 0.6) is 5.75 Å². The largest absolute Gasteiger partial charge is 0.496 e. The lowest BCUT2D eigenvalue weighted by molar-refractivity contribution is 0.0949. The van der Waals surface area contributed by atoms with Gasteiger partial charge in [0.1, 0.15) is 11.6 Å². The first kappa shape index (κ1) is 18.6. The van der Waals surface area contributed by atoms with E-state index in [9.17, 15) is 9.18 Å². The van der Waals surface area contributed by atoms with E-state index in [0.29, 0.717) is 25.1 Å². The maximum atomic E-state index is 13.1. The van der Waals surface area contributed by atoms with Gasteiger partial charge in [0.2, 0.25) is 0 Å². The highest BCUT2D eigenvalue weighted by atomic mass is 19.1. The van der Waals surface area contributed by atoms with Crippen LogP contribution < -0.4 is 10.1 Å². The van der Waals surface area contributed by atoms with E-state index >= 15 is 0 Å². The summed E-state index contributed by atoms with van der Waals surface area (Å²) in [7, 11) is 1.61. The fourth-order valence-electron chi connectivity index (χ4n) is 2.80. The summed E-state index contributed by atoms with van der Waals surface area (Å²) in [4.78, 5) is 20.3. The number of hydrogen-bond donors (Lipinski definition) is 1. The van der Waals surface area contributed by atoms with Crippen LogP contribution >= 0.6 is 0 Å². The number of oxazole rings is 1. The number of pyridine rings is 1. The molecule has 0 fully saturated rings. The third kappa shape index (κ3) is 4.49. The first-order valence-corrected chi connectivity index (χ1v) is 8.54.